The molecule has 1 fully saturated rings. The van der Waals surface area contributed by atoms with Gasteiger partial charge in [0.15, 0.2) is 11.6 Å². The summed E-state index contributed by atoms with van der Waals surface area (Å²) in [6.45, 7) is 15.8. The minimum atomic E-state index is 0.648. The summed E-state index contributed by atoms with van der Waals surface area (Å²) < 4.78 is 1.96. The summed E-state index contributed by atoms with van der Waals surface area (Å²) in [5.74, 6) is 1.35. The van der Waals surface area contributed by atoms with Crippen LogP contribution in [-0.4, -0.2) is 52.3 Å². The number of imidazole rings is 1. The maximum absolute atomic E-state index is 4.69. The van der Waals surface area contributed by atoms with Crippen molar-refractivity contribution in [2.24, 2.45) is 4.99 Å². The molecule has 0 radical (unpaired) electrons. The van der Waals surface area contributed by atoms with Crippen molar-refractivity contribution in [1.82, 2.24) is 24.8 Å². The normalized spacial score (nSPS) is 13.0. The van der Waals surface area contributed by atoms with Crippen molar-refractivity contribution in [1.29, 1.82) is 0 Å². The van der Waals surface area contributed by atoms with Gasteiger partial charge in [-0.05, 0) is 42.6 Å². The van der Waals surface area contributed by atoms with E-state index in [0.29, 0.717) is 17.3 Å². The number of benzene rings is 1. The van der Waals surface area contributed by atoms with E-state index in [4.69, 9.17) is 4.98 Å². The third-order valence-electron chi connectivity index (χ3n) is 5.07. The molecule has 3 heterocycles. The second-order valence-electron chi connectivity index (χ2n) is 6.79. The van der Waals surface area contributed by atoms with Gasteiger partial charge in [0.05, 0.1) is 0 Å². The summed E-state index contributed by atoms with van der Waals surface area (Å²) in [5, 5.41) is 3.37. The summed E-state index contributed by atoms with van der Waals surface area (Å²) in [4.78, 5) is 15.7. The van der Waals surface area contributed by atoms with Crippen molar-refractivity contribution in [3.05, 3.63) is 73.1 Å². The minimum Gasteiger partial charge on any atom is -0.369 e. The van der Waals surface area contributed by atoms with Gasteiger partial charge < -0.3 is 10.2 Å². The molecule has 0 atom stereocenters. The Morgan fingerprint density at radius 1 is 1.10 bits per heavy atom. The van der Waals surface area contributed by atoms with Crippen LogP contribution in [0.15, 0.2) is 66.8 Å². The molecule has 0 amide bonds. The van der Waals surface area contributed by atoms with Crippen molar-refractivity contribution < 1.29 is 0 Å². The number of rotatable bonds is 6. The Morgan fingerprint density at radius 2 is 1.81 bits per heavy atom. The molecule has 1 N–H and O–H groups in total. The highest BCUT2D eigenvalue weighted by atomic mass is 15.2. The first kappa shape index (κ1) is 21.8. The van der Waals surface area contributed by atoms with Crippen LogP contribution in [0.3, 0.4) is 0 Å². The van der Waals surface area contributed by atoms with Gasteiger partial charge in [-0.15, -0.1) is 12.8 Å². The summed E-state index contributed by atoms with van der Waals surface area (Å²) >= 11 is 0. The number of aromatic nitrogens is 3. The quantitative estimate of drug-likeness (QED) is 0.492. The third kappa shape index (κ3) is 4.47. The number of nitrogens with one attached hydrogen (secondary N) is 1. The van der Waals surface area contributed by atoms with Crippen LogP contribution < -0.4 is 5.32 Å². The minimum absolute atomic E-state index is 0.648. The molecule has 1 saturated heterocycles. The summed E-state index contributed by atoms with van der Waals surface area (Å²) in [7, 11) is 0. The van der Waals surface area contributed by atoms with Crippen molar-refractivity contribution >= 4 is 24.3 Å². The second-order valence-corrected chi connectivity index (χ2v) is 6.79. The van der Waals surface area contributed by atoms with Gasteiger partial charge in [0, 0.05) is 43.8 Å². The molecule has 0 bridgehead atoms. The standard InChI is InChI=1S/C23H24N6.C2H2/c1-4-20-22(24-3)29(23(27-20)21-7-5-6-12-26-21)19-10-8-18(9-11-19)17(2)28-15-13-25-14-16-28;1-2/h4-12,25H,1-3,13-16H2;1-2H. The number of hydrogen-bond acceptors (Lipinski definition) is 5. The summed E-state index contributed by atoms with van der Waals surface area (Å²) in [6.07, 6.45) is 11.4. The first-order chi connectivity index (χ1) is 15.2. The molecular weight excluding hydrogens is 384 g/mol. The van der Waals surface area contributed by atoms with E-state index in [9.17, 15) is 0 Å². The van der Waals surface area contributed by atoms with E-state index >= 15 is 0 Å². The lowest BCUT2D eigenvalue weighted by Crippen LogP contribution is -2.42. The Labute approximate surface area is 183 Å². The molecule has 0 saturated carbocycles. The van der Waals surface area contributed by atoms with Crippen LogP contribution in [-0.2, 0) is 0 Å². The number of terminal acetylenes is 1. The first-order valence-corrected chi connectivity index (χ1v) is 9.95. The number of hydrogen-bond donors (Lipinski definition) is 1. The molecule has 0 spiro atoms. The maximum atomic E-state index is 4.69. The zero-order valence-corrected chi connectivity index (χ0v) is 17.5. The number of nitrogens with zero attached hydrogens (tertiary/aromatic N) is 5. The lowest BCUT2D eigenvalue weighted by molar-refractivity contribution is 0.341. The van der Waals surface area contributed by atoms with Gasteiger partial charge in [0.2, 0.25) is 0 Å². The predicted molar refractivity (Wildman–Crippen MR) is 129 cm³/mol. The van der Waals surface area contributed by atoms with Crippen molar-refractivity contribution in [2.75, 3.05) is 26.2 Å². The largest absolute Gasteiger partial charge is 0.369 e. The molecule has 0 unspecified atom stereocenters. The molecule has 31 heavy (non-hydrogen) atoms. The summed E-state index contributed by atoms with van der Waals surface area (Å²) in [6, 6.07) is 14.0. The molecule has 6 heteroatoms. The van der Waals surface area contributed by atoms with Crippen LogP contribution in [0.4, 0.5) is 5.82 Å². The zero-order valence-electron chi connectivity index (χ0n) is 17.5. The van der Waals surface area contributed by atoms with E-state index < -0.39 is 0 Å². The lowest BCUT2D eigenvalue weighted by atomic mass is 10.1. The SMILES string of the molecule is C#C.C=Cc1nc(-c2ccccn2)n(-c2ccc(C(=C)N3CCNCC3)cc2)c1N=C. The molecule has 1 aliphatic rings. The van der Waals surface area contributed by atoms with E-state index in [-0.39, 0.29) is 0 Å². The second kappa shape index (κ2) is 10.2. The molecule has 6 nitrogen and oxygen atoms in total. The highest BCUT2D eigenvalue weighted by Crippen LogP contribution is 2.32. The third-order valence-corrected chi connectivity index (χ3v) is 5.07. The van der Waals surface area contributed by atoms with E-state index in [1.54, 1.807) is 12.3 Å². The zero-order chi connectivity index (χ0) is 22.2. The maximum Gasteiger partial charge on any atom is 0.165 e. The summed E-state index contributed by atoms with van der Waals surface area (Å²) in [5.41, 5.74) is 4.52. The Hall–Kier alpha value is -3.95. The predicted octanol–water partition coefficient (Wildman–Crippen LogP) is 4.03. The van der Waals surface area contributed by atoms with Gasteiger partial charge in [-0.3, -0.25) is 9.55 Å². The van der Waals surface area contributed by atoms with Gasteiger partial charge in [0.1, 0.15) is 11.4 Å². The van der Waals surface area contributed by atoms with Crippen LogP contribution in [0.2, 0.25) is 0 Å². The fourth-order valence-electron chi connectivity index (χ4n) is 3.55. The lowest BCUT2D eigenvalue weighted by Gasteiger charge is -2.31. The number of aliphatic imine (C=N–C) groups is 1. The van der Waals surface area contributed by atoms with Crippen LogP contribution in [0, 0.1) is 12.8 Å². The molecule has 156 valence electrons. The van der Waals surface area contributed by atoms with Gasteiger partial charge in [0.25, 0.3) is 0 Å². The Balaban J connectivity index is 0.00000132. The van der Waals surface area contributed by atoms with Gasteiger partial charge in [-0.1, -0.05) is 31.4 Å². The molecule has 4 rings (SSSR count). The van der Waals surface area contributed by atoms with E-state index in [2.05, 4.69) is 77.2 Å². The Bertz CT molecular complexity index is 1070. The molecule has 0 aliphatic carbocycles. The fraction of sp³-hybridized carbons (Fsp3) is 0.160. The number of piperazine rings is 1. The van der Waals surface area contributed by atoms with E-state index in [1.807, 2.05) is 22.8 Å². The first-order valence-electron chi connectivity index (χ1n) is 9.95. The van der Waals surface area contributed by atoms with Crippen molar-refractivity contribution in [2.45, 2.75) is 0 Å². The molecule has 2 aromatic heterocycles. The highest BCUT2D eigenvalue weighted by Gasteiger charge is 2.19. The molecular formula is C25H26N6. The highest BCUT2D eigenvalue weighted by molar-refractivity contribution is 5.70. The smallest absolute Gasteiger partial charge is 0.165 e. The average molecular weight is 411 g/mol. The van der Waals surface area contributed by atoms with Crippen LogP contribution in [0.25, 0.3) is 29.0 Å². The van der Waals surface area contributed by atoms with Gasteiger partial charge in [-0.2, -0.15) is 0 Å². The number of pyridine rings is 1. The van der Waals surface area contributed by atoms with Crippen LogP contribution in [0.5, 0.6) is 0 Å². The topological polar surface area (TPSA) is 58.3 Å². The Kier molecular flexibility index (Phi) is 7.15. The van der Waals surface area contributed by atoms with E-state index in [1.165, 1.54) is 0 Å². The monoisotopic (exact) mass is 410 g/mol. The van der Waals surface area contributed by atoms with Gasteiger partial charge in [-0.25, -0.2) is 9.98 Å². The molecule has 3 aromatic rings. The average Bonchev–Trinajstić information content (AvgIpc) is 3.25. The van der Waals surface area contributed by atoms with Crippen LogP contribution in [0.1, 0.15) is 11.3 Å². The van der Waals surface area contributed by atoms with Crippen molar-refractivity contribution in [3.8, 4) is 30.1 Å². The van der Waals surface area contributed by atoms with Crippen LogP contribution >= 0.6 is 0 Å². The van der Waals surface area contributed by atoms with Crippen molar-refractivity contribution in [3.63, 3.8) is 0 Å². The fourth-order valence-corrected chi connectivity index (χ4v) is 3.55. The molecule has 1 aliphatic heterocycles. The molecule has 1 aromatic carbocycles. The van der Waals surface area contributed by atoms with E-state index in [0.717, 1.165) is 48.8 Å². The Morgan fingerprint density at radius 3 is 2.39 bits per heavy atom. The van der Waals surface area contributed by atoms with Gasteiger partial charge >= 0.3 is 0 Å².